The quantitative estimate of drug-likeness (QED) is 0.851. The van der Waals surface area contributed by atoms with Gasteiger partial charge in [-0.15, -0.1) is 0 Å². The zero-order valence-corrected chi connectivity index (χ0v) is 12.8. The summed E-state index contributed by atoms with van der Waals surface area (Å²) in [5, 5.41) is 4.68. The standard InChI is InChI=1S/C17H17FN2O3/c1-11(2)23-15-10-6-5-9-14(15)20-17(22)16(21)19-13-8-4-3-7-12(13)18/h3-11H,1-2H3,(H,19,21)(H,20,22). The van der Waals surface area contributed by atoms with Gasteiger partial charge in [0.05, 0.1) is 17.5 Å². The van der Waals surface area contributed by atoms with Crippen molar-refractivity contribution in [1.29, 1.82) is 0 Å². The largest absolute Gasteiger partial charge is 0.489 e. The maximum Gasteiger partial charge on any atom is 0.314 e. The number of benzene rings is 2. The van der Waals surface area contributed by atoms with E-state index >= 15 is 0 Å². The molecule has 2 rings (SSSR count). The molecule has 0 atom stereocenters. The Hall–Kier alpha value is -2.89. The van der Waals surface area contributed by atoms with Gasteiger partial charge in [-0.1, -0.05) is 24.3 Å². The number of hydrogen-bond acceptors (Lipinski definition) is 3. The highest BCUT2D eigenvalue weighted by Crippen LogP contribution is 2.24. The monoisotopic (exact) mass is 316 g/mol. The lowest BCUT2D eigenvalue weighted by Crippen LogP contribution is -2.29. The van der Waals surface area contributed by atoms with Crippen LogP contribution in [0.3, 0.4) is 0 Å². The molecular weight excluding hydrogens is 299 g/mol. The average molecular weight is 316 g/mol. The maximum absolute atomic E-state index is 13.5. The van der Waals surface area contributed by atoms with Gasteiger partial charge in [-0.2, -0.15) is 0 Å². The molecule has 0 fully saturated rings. The summed E-state index contributed by atoms with van der Waals surface area (Å²) in [6, 6.07) is 12.4. The van der Waals surface area contributed by atoms with Crippen molar-refractivity contribution in [2.45, 2.75) is 20.0 Å². The van der Waals surface area contributed by atoms with Gasteiger partial charge in [0.25, 0.3) is 0 Å². The molecule has 23 heavy (non-hydrogen) atoms. The smallest absolute Gasteiger partial charge is 0.314 e. The highest BCUT2D eigenvalue weighted by atomic mass is 19.1. The van der Waals surface area contributed by atoms with Gasteiger partial charge in [0.1, 0.15) is 11.6 Å². The first-order chi connectivity index (χ1) is 11.0. The predicted octanol–water partition coefficient (Wildman–Crippen LogP) is 3.19. The highest BCUT2D eigenvalue weighted by molar-refractivity contribution is 6.43. The zero-order valence-electron chi connectivity index (χ0n) is 12.8. The van der Waals surface area contributed by atoms with Crippen molar-refractivity contribution in [3.05, 3.63) is 54.3 Å². The molecule has 0 aliphatic rings. The van der Waals surface area contributed by atoms with Crippen LogP contribution in [0.15, 0.2) is 48.5 Å². The topological polar surface area (TPSA) is 67.4 Å². The second-order valence-corrected chi connectivity index (χ2v) is 5.05. The Kier molecular flexibility index (Phi) is 5.30. The number of halogens is 1. The fourth-order valence-electron chi connectivity index (χ4n) is 1.85. The van der Waals surface area contributed by atoms with Crippen molar-refractivity contribution in [3.63, 3.8) is 0 Å². The average Bonchev–Trinajstić information content (AvgIpc) is 2.51. The van der Waals surface area contributed by atoms with Crippen LogP contribution in [0.1, 0.15) is 13.8 Å². The number of nitrogens with one attached hydrogen (secondary N) is 2. The number of carbonyl (C=O) groups excluding carboxylic acids is 2. The molecule has 120 valence electrons. The minimum atomic E-state index is -0.963. The lowest BCUT2D eigenvalue weighted by molar-refractivity contribution is -0.133. The number of hydrogen-bond donors (Lipinski definition) is 2. The summed E-state index contributed by atoms with van der Waals surface area (Å²) < 4.78 is 19.0. The van der Waals surface area contributed by atoms with Crippen LogP contribution in [0.4, 0.5) is 15.8 Å². The normalized spacial score (nSPS) is 10.3. The van der Waals surface area contributed by atoms with E-state index in [1.54, 1.807) is 30.3 Å². The van der Waals surface area contributed by atoms with Gasteiger partial charge in [-0.25, -0.2) is 4.39 Å². The minimum absolute atomic E-state index is 0.0561. The van der Waals surface area contributed by atoms with Gasteiger partial charge in [0, 0.05) is 0 Å². The van der Waals surface area contributed by atoms with E-state index in [0.29, 0.717) is 11.4 Å². The van der Waals surface area contributed by atoms with E-state index in [4.69, 9.17) is 4.74 Å². The third kappa shape index (κ3) is 4.54. The second-order valence-electron chi connectivity index (χ2n) is 5.05. The molecule has 2 aromatic rings. The maximum atomic E-state index is 13.5. The van der Waals surface area contributed by atoms with Crippen LogP contribution in [0.2, 0.25) is 0 Å². The van der Waals surface area contributed by atoms with Crippen LogP contribution in [-0.2, 0) is 9.59 Å². The molecule has 0 aliphatic heterocycles. The third-order valence-corrected chi connectivity index (χ3v) is 2.83. The Morgan fingerprint density at radius 2 is 1.43 bits per heavy atom. The van der Waals surface area contributed by atoms with Crippen molar-refractivity contribution < 1.29 is 18.7 Å². The zero-order chi connectivity index (χ0) is 16.8. The number of para-hydroxylation sites is 3. The molecule has 2 amide bonds. The van der Waals surface area contributed by atoms with E-state index in [9.17, 15) is 14.0 Å². The summed E-state index contributed by atoms with van der Waals surface area (Å²) in [6.45, 7) is 3.70. The Morgan fingerprint density at radius 3 is 2.04 bits per heavy atom. The molecule has 0 saturated heterocycles. The van der Waals surface area contributed by atoms with E-state index in [-0.39, 0.29) is 11.8 Å². The Bertz CT molecular complexity index is 716. The summed E-state index contributed by atoms with van der Waals surface area (Å²) in [6.07, 6.45) is -0.0831. The summed E-state index contributed by atoms with van der Waals surface area (Å²) in [7, 11) is 0. The first-order valence-corrected chi connectivity index (χ1v) is 7.10. The molecule has 0 heterocycles. The summed E-state index contributed by atoms with van der Waals surface area (Å²) in [4.78, 5) is 23.8. The molecule has 0 aromatic heterocycles. The molecule has 0 aliphatic carbocycles. The van der Waals surface area contributed by atoms with E-state index in [2.05, 4.69) is 10.6 Å². The summed E-state index contributed by atoms with van der Waals surface area (Å²) in [5.41, 5.74) is 0.314. The van der Waals surface area contributed by atoms with E-state index in [1.165, 1.54) is 18.2 Å². The van der Waals surface area contributed by atoms with Crippen LogP contribution < -0.4 is 15.4 Å². The van der Waals surface area contributed by atoms with Crippen LogP contribution in [0.5, 0.6) is 5.75 Å². The SMILES string of the molecule is CC(C)Oc1ccccc1NC(=O)C(=O)Nc1ccccc1F. The number of amides is 2. The number of ether oxygens (including phenoxy) is 1. The third-order valence-electron chi connectivity index (χ3n) is 2.83. The molecule has 0 spiro atoms. The second kappa shape index (κ2) is 7.40. The van der Waals surface area contributed by atoms with Gasteiger partial charge >= 0.3 is 11.8 Å². The number of carbonyl (C=O) groups is 2. The van der Waals surface area contributed by atoms with E-state index in [1.807, 2.05) is 13.8 Å². The van der Waals surface area contributed by atoms with Crippen LogP contribution in [0, 0.1) is 5.82 Å². The van der Waals surface area contributed by atoms with Crippen LogP contribution in [0.25, 0.3) is 0 Å². The molecule has 2 N–H and O–H groups in total. The fourth-order valence-corrected chi connectivity index (χ4v) is 1.85. The molecule has 0 bridgehead atoms. The van der Waals surface area contributed by atoms with Crippen molar-refractivity contribution in [2.75, 3.05) is 10.6 Å². The van der Waals surface area contributed by atoms with Gasteiger partial charge in [0.15, 0.2) is 0 Å². The molecule has 5 nitrogen and oxygen atoms in total. The van der Waals surface area contributed by atoms with Gasteiger partial charge in [0.2, 0.25) is 0 Å². The lowest BCUT2D eigenvalue weighted by Gasteiger charge is -2.14. The first kappa shape index (κ1) is 16.5. The Morgan fingerprint density at radius 1 is 0.913 bits per heavy atom. The fraction of sp³-hybridized carbons (Fsp3) is 0.176. The van der Waals surface area contributed by atoms with E-state index < -0.39 is 17.6 Å². The number of rotatable bonds is 4. The number of anilines is 2. The van der Waals surface area contributed by atoms with Crippen molar-refractivity contribution in [3.8, 4) is 5.75 Å². The minimum Gasteiger partial charge on any atom is -0.489 e. The van der Waals surface area contributed by atoms with Gasteiger partial charge < -0.3 is 15.4 Å². The van der Waals surface area contributed by atoms with Crippen molar-refractivity contribution >= 4 is 23.2 Å². The molecule has 6 heteroatoms. The van der Waals surface area contributed by atoms with Crippen molar-refractivity contribution in [1.82, 2.24) is 0 Å². The first-order valence-electron chi connectivity index (χ1n) is 7.10. The van der Waals surface area contributed by atoms with Gasteiger partial charge in [-0.05, 0) is 38.1 Å². The molecule has 2 aromatic carbocycles. The predicted molar refractivity (Wildman–Crippen MR) is 85.9 cm³/mol. The Balaban J connectivity index is 2.07. The van der Waals surface area contributed by atoms with Gasteiger partial charge in [-0.3, -0.25) is 9.59 Å². The summed E-state index contributed by atoms with van der Waals surface area (Å²) >= 11 is 0. The van der Waals surface area contributed by atoms with Crippen LogP contribution >= 0.6 is 0 Å². The van der Waals surface area contributed by atoms with E-state index in [0.717, 1.165) is 0 Å². The van der Waals surface area contributed by atoms with Crippen molar-refractivity contribution in [2.24, 2.45) is 0 Å². The molecular formula is C17H17FN2O3. The lowest BCUT2D eigenvalue weighted by atomic mass is 10.2. The molecule has 0 unspecified atom stereocenters. The molecule has 0 saturated carbocycles. The van der Waals surface area contributed by atoms with Crippen LogP contribution in [-0.4, -0.2) is 17.9 Å². The summed E-state index contributed by atoms with van der Waals surface area (Å²) in [5.74, 6) is -2.03. The Labute approximate surface area is 133 Å². The molecule has 0 radical (unpaired) electrons. The highest BCUT2D eigenvalue weighted by Gasteiger charge is 2.17.